The van der Waals surface area contributed by atoms with Crippen molar-refractivity contribution in [1.29, 1.82) is 5.41 Å². The maximum Gasteiger partial charge on any atom is 0.312 e. The van der Waals surface area contributed by atoms with Gasteiger partial charge >= 0.3 is 5.69 Å². The van der Waals surface area contributed by atoms with Crippen LogP contribution < -0.4 is 10.5 Å². The van der Waals surface area contributed by atoms with Gasteiger partial charge in [-0.2, -0.15) is 0 Å². The van der Waals surface area contributed by atoms with E-state index < -0.39 is 4.92 Å². The summed E-state index contributed by atoms with van der Waals surface area (Å²) in [6.07, 6.45) is 1.50. The van der Waals surface area contributed by atoms with Crippen LogP contribution in [-0.2, 0) is 6.61 Å². The summed E-state index contributed by atoms with van der Waals surface area (Å²) in [5.41, 5.74) is 6.28. The van der Waals surface area contributed by atoms with Gasteiger partial charge in [-0.25, -0.2) is 0 Å². The molecular formula is C13H11BrN4O3. The molecule has 0 unspecified atom stereocenters. The Morgan fingerprint density at radius 3 is 2.90 bits per heavy atom. The van der Waals surface area contributed by atoms with Crippen LogP contribution in [0.2, 0.25) is 0 Å². The quantitative estimate of drug-likeness (QED) is 0.372. The lowest BCUT2D eigenvalue weighted by atomic mass is 10.2. The number of hydrogen-bond donors (Lipinski definition) is 2. The van der Waals surface area contributed by atoms with Crippen LogP contribution in [0.1, 0.15) is 11.3 Å². The molecule has 0 aliphatic heterocycles. The van der Waals surface area contributed by atoms with Crippen LogP contribution in [0, 0.1) is 15.5 Å². The second-order valence-corrected chi connectivity index (χ2v) is 4.95. The van der Waals surface area contributed by atoms with Crippen molar-refractivity contribution in [3.63, 3.8) is 0 Å². The predicted molar refractivity (Wildman–Crippen MR) is 80.4 cm³/mol. The first-order valence-corrected chi connectivity index (χ1v) is 6.63. The van der Waals surface area contributed by atoms with E-state index in [2.05, 4.69) is 20.9 Å². The van der Waals surface area contributed by atoms with Crippen molar-refractivity contribution in [2.45, 2.75) is 6.61 Å². The SMILES string of the molecule is N=C(N)c1cc(COc2c(Br)cccc2[N+](=O)[O-])ccn1. The number of nitrogen functional groups attached to an aromatic ring is 1. The van der Waals surface area contributed by atoms with Crippen molar-refractivity contribution >= 4 is 27.5 Å². The molecule has 3 N–H and O–H groups in total. The highest BCUT2D eigenvalue weighted by Crippen LogP contribution is 2.35. The Bertz CT molecular complexity index is 706. The minimum atomic E-state index is -0.506. The molecule has 1 aromatic carbocycles. The molecule has 0 saturated heterocycles. The molecule has 1 aromatic heterocycles. The summed E-state index contributed by atoms with van der Waals surface area (Å²) >= 11 is 3.23. The van der Waals surface area contributed by atoms with E-state index in [-0.39, 0.29) is 23.9 Å². The Kier molecular flexibility index (Phi) is 4.49. The zero-order valence-electron chi connectivity index (χ0n) is 10.7. The topological polar surface area (TPSA) is 115 Å². The molecule has 0 aliphatic rings. The first-order chi connectivity index (χ1) is 9.99. The number of amidine groups is 1. The van der Waals surface area contributed by atoms with Crippen molar-refractivity contribution in [2.24, 2.45) is 5.73 Å². The van der Waals surface area contributed by atoms with Crippen molar-refractivity contribution in [2.75, 3.05) is 0 Å². The van der Waals surface area contributed by atoms with E-state index in [9.17, 15) is 10.1 Å². The molecule has 0 bridgehead atoms. The fourth-order valence-corrected chi connectivity index (χ4v) is 2.12. The molecule has 0 atom stereocenters. The van der Waals surface area contributed by atoms with Crippen LogP contribution in [0.25, 0.3) is 0 Å². The molecule has 7 nitrogen and oxygen atoms in total. The predicted octanol–water partition coefficient (Wildman–Crippen LogP) is 2.62. The van der Waals surface area contributed by atoms with Crippen LogP contribution in [0.5, 0.6) is 5.75 Å². The lowest BCUT2D eigenvalue weighted by Gasteiger charge is -2.09. The number of hydrogen-bond acceptors (Lipinski definition) is 5. The molecular weight excluding hydrogens is 340 g/mol. The van der Waals surface area contributed by atoms with E-state index in [1.165, 1.54) is 12.3 Å². The van der Waals surface area contributed by atoms with Gasteiger partial charge in [0.05, 0.1) is 9.40 Å². The van der Waals surface area contributed by atoms with Gasteiger partial charge in [0.1, 0.15) is 18.1 Å². The minimum Gasteiger partial charge on any atom is -0.481 e. The van der Waals surface area contributed by atoms with Gasteiger partial charge in [-0.1, -0.05) is 6.07 Å². The molecule has 0 aliphatic carbocycles. The van der Waals surface area contributed by atoms with E-state index in [0.717, 1.165) is 0 Å². The highest BCUT2D eigenvalue weighted by Gasteiger charge is 2.18. The number of benzene rings is 1. The van der Waals surface area contributed by atoms with Gasteiger partial charge in [-0.15, -0.1) is 0 Å². The molecule has 0 fully saturated rings. The molecule has 21 heavy (non-hydrogen) atoms. The van der Waals surface area contributed by atoms with E-state index in [0.29, 0.717) is 15.7 Å². The largest absolute Gasteiger partial charge is 0.481 e. The van der Waals surface area contributed by atoms with Crippen LogP contribution in [-0.4, -0.2) is 15.7 Å². The Morgan fingerprint density at radius 1 is 1.48 bits per heavy atom. The number of para-hydroxylation sites is 1. The van der Waals surface area contributed by atoms with E-state index >= 15 is 0 Å². The maximum atomic E-state index is 11.0. The third kappa shape index (κ3) is 3.54. The molecule has 0 spiro atoms. The highest BCUT2D eigenvalue weighted by molar-refractivity contribution is 9.10. The molecule has 8 heteroatoms. The van der Waals surface area contributed by atoms with Gasteiger partial charge < -0.3 is 10.5 Å². The summed E-state index contributed by atoms with van der Waals surface area (Å²) in [5, 5.41) is 18.3. The lowest BCUT2D eigenvalue weighted by Crippen LogP contribution is -2.13. The molecule has 0 amide bonds. The zero-order valence-corrected chi connectivity index (χ0v) is 12.3. The number of halogens is 1. The molecule has 1 heterocycles. The van der Waals surface area contributed by atoms with Crippen molar-refractivity contribution < 1.29 is 9.66 Å². The number of nitrogens with two attached hydrogens (primary N) is 1. The molecule has 0 radical (unpaired) electrons. The number of nitrogens with one attached hydrogen (secondary N) is 1. The number of ether oxygens (including phenoxy) is 1. The third-order valence-electron chi connectivity index (χ3n) is 2.63. The lowest BCUT2D eigenvalue weighted by molar-refractivity contribution is -0.386. The van der Waals surface area contributed by atoms with Gasteiger partial charge in [0.2, 0.25) is 5.75 Å². The van der Waals surface area contributed by atoms with Crippen molar-refractivity contribution in [3.8, 4) is 5.75 Å². The number of nitro groups is 1. The fraction of sp³-hybridized carbons (Fsp3) is 0.0769. The number of rotatable bonds is 5. The number of nitro benzene ring substituents is 1. The standard InChI is InChI=1S/C13H11BrN4O3/c14-9-2-1-3-11(18(19)20)12(9)21-7-8-4-5-17-10(6-8)13(15)16/h1-6H,7H2,(H3,15,16). The Balaban J connectivity index is 2.22. The van der Waals surface area contributed by atoms with Crippen molar-refractivity contribution in [3.05, 3.63) is 62.4 Å². The molecule has 2 rings (SSSR count). The summed E-state index contributed by atoms with van der Waals surface area (Å²) in [7, 11) is 0. The van der Waals surface area contributed by atoms with Gasteiger partial charge in [0, 0.05) is 12.3 Å². The second-order valence-electron chi connectivity index (χ2n) is 4.10. The highest BCUT2D eigenvalue weighted by atomic mass is 79.9. The zero-order chi connectivity index (χ0) is 15.4. The number of pyridine rings is 1. The number of nitrogens with zero attached hydrogens (tertiary/aromatic N) is 2. The normalized spacial score (nSPS) is 10.1. The van der Waals surface area contributed by atoms with Gasteiger partial charge in [-0.3, -0.25) is 20.5 Å². The van der Waals surface area contributed by atoms with Crippen LogP contribution in [0.4, 0.5) is 5.69 Å². The summed E-state index contributed by atoms with van der Waals surface area (Å²) in [4.78, 5) is 14.4. The summed E-state index contributed by atoms with van der Waals surface area (Å²) in [6.45, 7) is 0.103. The first kappa shape index (κ1) is 14.9. The monoisotopic (exact) mass is 350 g/mol. The van der Waals surface area contributed by atoms with E-state index in [4.69, 9.17) is 15.9 Å². The van der Waals surface area contributed by atoms with Crippen molar-refractivity contribution in [1.82, 2.24) is 4.98 Å². The first-order valence-electron chi connectivity index (χ1n) is 5.84. The van der Waals surface area contributed by atoms with Gasteiger partial charge in [0.15, 0.2) is 0 Å². The maximum absolute atomic E-state index is 11.0. The fourth-order valence-electron chi connectivity index (χ4n) is 1.65. The Hall–Kier alpha value is -2.48. The minimum absolute atomic E-state index is 0.103. The summed E-state index contributed by atoms with van der Waals surface area (Å²) in [5.74, 6) is 0.00686. The van der Waals surface area contributed by atoms with E-state index in [1.807, 2.05) is 0 Å². The van der Waals surface area contributed by atoms with Crippen LogP contribution in [0.15, 0.2) is 41.0 Å². The Morgan fingerprint density at radius 2 is 2.24 bits per heavy atom. The van der Waals surface area contributed by atoms with Crippen LogP contribution >= 0.6 is 15.9 Å². The molecule has 0 saturated carbocycles. The average molecular weight is 351 g/mol. The van der Waals surface area contributed by atoms with Crippen LogP contribution in [0.3, 0.4) is 0 Å². The van der Waals surface area contributed by atoms with Gasteiger partial charge in [-0.05, 0) is 39.7 Å². The number of aromatic nitrogens is 1. The second kappa shape index (κ2) is 6.31. The Labute approximate surface area is 128 Å². The third-order valence-corrected chi connectivity index (χ3v) is 3.25. The average Bonchev–Trinajstić information content (AvgIpc) is 2.46. The smallest absolute Gasteiger partial charge is 0.312 e. The summed E-state index contributed by atoms with van der Waals surface area (Å²) in [6, 6.07) is 7.89. The van der Waals surface area contributed by atoms with E-state index in [1.54, 1.807) is 24.3 Å². The van der Waals surface area contributed by atoms with Gasteiger partial charge in [0.25, 0.3) is 0 Å². The molecule has 108 valence electrons. The molecule has 2 aromatic rings. The summed E-state index contributed by atoms with van der Waals surface area (Å²) < 4.78 is 6.02.